The molecule has 0 aliphatic rings. The lowest BCUT2D eigenvalue weighted by atomic mass is 10.2. The largest absolute Gasteiger partial charge is 0.497 e. The van der Waals surface area contributed by atoms with Crippen LogP contribution in [0.25, 0.3) is 0 Å². The van der Waals surface area contributed by atoms with E-state index in [-0.39, 0.29) is 10.0 Å². The van der Waals surface area contributed by atoms with Crippen molar-refractivity contribution in [1.29, 1.82) is 0 Å². The highest BCUT2D eigenvalue weighted by Gasteiger charge is 2.17. The minimum atomic E-state index is -3.52. The Hall–Kier alpha value is -2.36. The van der Waals surface area contributed by atoms with Crippen molar-refractivity contribution in [3.63, 3.8) is 0 Å². The number of ether oxygens (including phenoxy) is 2. The van der Waals surface area contributed by atoms with Gasteiger partial charge in [0, 0.05) is 25.8 Å². The molecule has 0 aliphatic carbocycles. The van der Waals surface area contributed by atoms with Gasteiger partial charge in [0.05, 0.1) is 24.8 Å². The fraction of sp³-hybridized carbons (Fsp3) is 0.235. The number of rotatable bonds is 6. The molecule has 0 aromatic heterocycles. The van der Waals surface area contributed by atoms with Crippen LogP contribution in [0.5, 0.6) is 11.5 Å². The molecule has 0 bridgehead atoms. The highest BCUT2D eigenvalue weighted by Crippen LogP contribution is 2.29. The number of thiocarbonyl (C=S) groups is 1. The first-order chi connectivity index (χ1) is 12.3. The minimum Gasteiger partial charge on any atom is -0.497 e. The Kier molecular flexibility index (Phi) is 6.41. The third-order valence-corrected chi connectivity index (χ3v) is 5.54. The van der Waals surface area contributed by atoms with Crippen molar-refractivity contribution in [1.82, 2.24) is 4.31 Å². The van der Waals surface area contributed by atoms with Crippen LogP contribution in [0.2, 0.25) is 0 Å². The molecule has 0 aliphatic heterocycles. The molecule has 2 N–H and O–H groups in total. The molecule has 0 heterocycles. The van der Waals surface area contributed by atoms with E-state index in [2.05, 4.69) is 10.6 Å². The summed E-state index contributed by atoms with van der Waals surface area (Å²) in [5.74, 6) is 1.24. The second kappa shape index (κ2) is 8.35. The number of hydrogen-bond donors (Lipinski definition) is 2. The van der Waals surface area contributed by atoms with E-state index in [0.717, 1.165) is 4.31 Å². The number of hydrogen-bond acceptors (Lipinski definition) is 5. The van der Waals surface area contributed by atoms with Gasteiger partial charge < -0.3 is 20.1 Å². The summed E-state index contributed by atoms with van der Waals surface area (Å²) in [6, 6.07) is 11.7. The molecule has 7 nitrogen and oxygen atoms in total. The van der Waals surface area contributed by atoms with Crippen LogP contribution in [-0.4, -0.2) is 46.2 Å². The van der Waals surface area contributed by atoms with Gasteiger partial charge in [0.1, 0.15) is 11.5 Å². The second-order valence-corrected chi connectivity index (χ2v) is 8.02. The topological polar surface area (TPSA) is 79.9 Å². The number of sulfonamides is 1. The maximum Gasteiger partial charge on any atom is 0.242 e. The summed E-state index contributed by atoms with van der Waals surface area (Å²) in [6.45, 7) is 0. The van der Waals surface area contributed by atoms with Crippen molar-refractivity contribution in [2.75, 3.05) is 38.9 Å². The maximum absolute atomic E-state index is 12.2. The van der Waals surface area contributed by atoms with E-state index in [1.54, 1.807) is 44.6 Å². The van der Waals surface area contributed by atoms with E-state index in [0.29, 0.717) is 22.9 Å². The van der Waals surface area contributed by atoms with Gasteiger partial charge in [-0.1, -0.05) is 6.07 Å². The molecule has 26 heavy (non-hydrogen) atoms. The van der Waals surface area contributed by atoms with Gasteiger partial charge in [-0.3, -0.25) is 0 Å². The molecule has 0 fully saturated rings. The van der Waals surface area contributed by atoms with Crippen LogP contribution in [0, 0.1) is 0 Å². The van der Waals surface area contributed by atoms with Crippen LogP contribution >= 0.6 is 12.2 Å². The molecule has 2 rings (SSSR count). The van der Waals surface area contributed by atoms with E-state index in [4.69, 9.17) is 21.7 Å². The zero-order chi connectivity index (χ0) is 19.3. The zero-order valence-electron chi connectivity index (χ0n) is 14.9. The predicted molar refractivity (Wildman–Crippen MR) is 107 cm³/mol. The Labute approximate surface area is 159 Å². The first-order valence-electron chi connectivity index (χ1n) is 7.60. The van der Waals surface area contributed by atoms with Gasteiger partial charge in [-0.25, -0.2) is 12.7 Å². The standard InChI is InChI=1S/C17H21N3O4S2/c1-20(2)26(21,22)14-7-5-6-12(10-14)18-17(25)19-15-11-13(23-3)8-9-16(15)24-4/h5-11H,1-4H3,(H2,18,19,25). The lowest BCUT2D eigenvalue weighted by Crippen LogP contribution is -2.23. The molecule has 0 amide bonds. The first-order valence-corrected chi connectivity index (χ1v) is 9.45. The number of benzene rings is 2. The smallest absolute Gasteiger partial charge is 0.242 e. The highest BCUT2D eigenvalue weighted by molar-refractivity contribution is 7.89. The summed E-state index contributed by atoms with van der Waals surface area (Å²) in [6.07, 6.45) is 0. The zero-order valence-corrected chi connectivity index (χ0v) is 16.6. The van der Waals surface area contributed by atoms with Crippen molar-refractivity contribution >= 4 is 38.7 Å². The molecule has 2 aromatic rings. The summed E-state index contributed by atoms with van der Waals surface area (Å²) in [5, 5.41) is 6.28. The van der Waals surface area contributed by atoms with Gasteiger partial charge in [-0.2, -0.15) is 0 Å². The molecule has 140 valence electrons. The fourth-order valence-electron chi connectivity index (χ4n) is 2.14. The van der Waals surface area contributed by atoms with Gasteiger partial charge in [0.2, 0.25) is 10.0 Å². The number of nitrogens with zero attached hydrogens (tertiary/aromatic N) is 1. The quantitative estimate of drug-likeness (QED) is 0.728. The molecule has 0 saturated carbocycles. The molecule has 0 saturated heterocycles. The van der Waals surface area contributed by atoms with Crippen LogP contribution in [0.1, 0.15) is 0 Å². The van der Waals surface area contributed by atoms with Gasteiger partial charge in [0.25, 0.3) is 0 Å². The summed E-state index contributed by atoms with van der Waals surface area (Å²) in [4.78, 5) is 0.175. The fourth-order valence-corrected chi connectivity index (χ4v) is 3.32. The molecule has 0 unspecified atom stereocenters. The van der Waals surface area contributed by atoms with Crippen molar-refractivity contribution in [2.24, 2.45) is 0 Å². The number of methoxy groups -OCH3 is 2. The first kappa shape index (κ1) is 20.0. The van der Waals surface area contributed by atoms with Crippen molar-refractivity contribution < 1.29 is 17.9 Å². The average molecular weight is 396 g/mol. The van der Waals surface area contributed by atoms with Gasteiger partial charge in [-0.05, 0) is 42.5 Å². The van der Waals surface area contributed by atoms with Crippen LogP contribution in [0.3, 0.4) is 0 Å². The summed E-state index contributed by atoms with van der Waals surface area (Å²) >= 11 is 5.31. The van der Waals surface area contributed by atoms with Crippen LogP contribution < -0.4 is 20.1 Å². The van der Waals surface area contributed by atoms with Crippen LogP contribution in [-0.2, 0) is 10.0 Å². The third kappa shape index (κ3) is 4.63. The van der Waals surface area contributed by atoms with Crippen molar-refractivity contribution in [2.45, 2.75) is 4.90 Å². The van der Waals surface area contributed by atoms with Crippen molar-refractivity contribution in [3.05, 3.63) is 42.5 Å². The molecule has 0 radical (unpaired) electrons. The van der Waals surface area contributed by atoms with E-state index >= 15 is 0 Å². The molecule has 2 aromatic carbocycles. The second-order valence-electron chi connectivity index (χ2n) is 5.46. The van der Waals surface area contributed by atoms with E-state index in [1.165, 1.54) is 26.2 Å². The van der Waals surface area contributed by atoms with Gasteiger partial charge in [0.15, 0.2) is 5.11 Å². The lowest BCUT2D eigenvalue weighted by Gasteiger charge is -2.16. The summed E-state index contributed by atoms with van der Waals surface area (Å²) < 4.78 is 36.1. The van der Waals surface area contributed by atoms with E-state index < -0.39 is 10.0 Å². The maximum atomic E-state index is 12.2. The van der Waals surface area contributed by atoms with E-state index in [1.807, 2.05) is 0 Å². The molecular weight excluding hydrogens is 374 g/mol. The molecule has 0 spiro atoms. The minimum absolute atomic E-state index is 0.175. The molecular formula is C17H21N3O4S2. The van der Waals surface area contributed by atoms with Crippen molar-refractivity contribution in [3.8, 4) is 11.5 Å². The molecule has 9 heteroatoms. The molecule has 0 atom stereocenters. The summed E-state index contributed by atoms with van der Waals surface area (Å²) in [7, 11) is 2.57. The van der Waals surface area contributed by atoms with Gasteiger partial charge >= 0.3 is 0 Å². The van der Waals surface area contributed by atoms with E-state index in [9.17, 15) is 8.42 Å². The SMILES string of the molecule is COc1ccc(OC)c(NC(=S)Nc2cccc(S(=O)(=O)N(C)C)c2)c1. The normalized spacial score (nSPS) is 11.1. The Morgan fingerprint density at radius 3 is 2.38 bits per heavy atom. The van der Waals surface area contributed by atoms with Crippen LogP contribution in [0.15, 0.2) is 47.4 Å². The van der Waals surface area contributed by atoms with Gasteiger partial charge in [-0.15, -0.1) is 0 Å². The third-order valence-electron chi connectivity index (χ3n) is 3.53. The van der Waals surface area contributed by atoms with Crippen LogP contribution in [0.4, 0.5) is 11.4 Å². The average Bonchev–Trinajstić information content (AvgIpc) is 2.61. The Morgan fingerprint density at radius 1 is 1.04 bits per heavy atom. The highest BCUT2D eigenvalue weighted by atomic mass is 32.2. The monoisotopic (exact) mass is 395 g/mol. The number of nitrogens with one attached hydrogen (secondary N) is 2. The number of anilines is 2. The lowest BCUT2D eigenvalue weighted by molar-refractivity contribution is 0.405. The Bertz CT molecular complexity index is 899. The Balaban J connectivity index is 2.19. The Morgan fingerprint density at radius 2 is 1.77 bits per heavy atom. The summed E-state index contributed by atoms with van der Waals surface area (Å²) in [5.41, 5.74) is 1.17. The predicted octanol–water partition coefficient (Wildman–Crippen LogP) is 2.76.